The van der Waals surface area contributed by atoms with Crippen LogP contribution < -0.4 is 0 Å². The maximum absolute atomic E-state index is 12.5. The number of carbonyl (C=O) groups excluding carboxylic acids is 1. The fourth-order valence-electron chi connectivity index (χ4n) is 3.64. The predicted octanol–water partition coefficient (Wildman–Crippen LogP) is 2.20. The Kier molecular flexibility index (Phi) is 2.91. The summed E-state index contributed by atoms with van der Waals surface area (Å²) in [6, 6.07) is 0. The average Bonchev–Trinajstić information content (AvgIpc) is 3.20. The lowest BCUT2D eigenvalue weighted by Crippen LogP contribution is -2.50. The van der Waals surface area contributed by atoms with Gasteiger partial charge in [0.25, 0.3) is 0 Å². The summed E-state index contributed by atoms with van der Waals surface area (Å²) in [5, 5.41) is 9.25. The smallest absolute Gasteiger partial charge is 0.319 e. The molecule has 4 heteroatoms. The number of aliphatic carboxylic acids is 1. The van der Waals surface area contributed by atoms with Crippen LogP contribution in [0.5, 0.6) is 0 Å². The number of piperidine rings is 1. The van der Waals surface area contributed by atoms with Crippen LogP contribution in [0.1, 0.15) is 44.9 Å². The van der Waals surface area contributed by atoms with Crippen LogP contribution in [0.3, 0.4) is 0 Å². The standard InChI is InChI=1S/C15H21NO3/c17-12(15(8-9-15)13(18)19)16-10-4-7-14(11-16)5-2-1-3-6-14/h1-2H,3-11H2,(H,18,19). The number of rotatable bonds is 2. The Bertz CT molecular complexity index is 439. The van der Waals surface area contributed by atoms with E-state index in [0.29, 0.717) is 12.8 Å². The number of amides is 1. The molecule has 1 spiro atoms. The van der Waals surface area contributed by atoms with E-state index in [2.05, 4.69) is 12.2 Å². The summed E-state index contributed by atoms with van der Waals surface area (Å²) in [6.07, 6.45) is 10.9. The van der Waals surface area contributed by atoms with Gasteiger partial charge < -0.3 is 10.0 Å². The molecule has 1 aliphatic heterocycles. The van der Waals surface area contributed by atoms with E-state index in [-0.39, 0.29) is 11.3 Å². The van der Waals surface area contributed by atoms with E-state index >= 15 is 0 Å². The summed E-state index contributed by atoms with van der Waals surface area (Å²) < 4.78 is 0. The van der Waals surface area contributed by atoms with Gasteiger partial charge in [-0.15, -0.1) is 0 Å². The predicted molar refractivity (Wildman–Crippen MR) is 70.5 cm³/mol. The number of carbonyl (C=O) groups is 2. The van der Waals surface area contributed by atoms with Gasteiger partial charge in [-0.25, -0.2) is 0 Å². The normalized spacial score (nSPS) is 32.3. The Morgan fingerprint density at radius 2 is 1.89 bits per heavy atom. The van der Waals surface area contributed by atoms with Gasteiger partial charge in [0, 0.05) is 13.1 Å². The largest absolute Gasteiger partial charge is 0.480 e. The number of hydrogen-bond acceptors (Lipinski definition) is 2. The molecule has 2 aliphatic carbocycles. The zero-order valence-electron chi connectivity index (χ0n) is 11.2. The van der Waals surface area contributed by atoms with Crippen LogP contribution in [0.4, 0.5) is 0 Å². The first-order valence-electron chi connectivity index (χ1n) is 7.26. The number of allylic oxidation sites excluding steroid dienone is 2. The van der Waals surface area contributed by atoms with Crippen LogP contribution in [0.2, 0.25) is 0 Å². The highest BCUT2D eigenvalue weighted by Gasteiger charge is 2.59. The van der Waals surface area contributed by atoms with Gasteiger partial charge in [-0.3, -0.25) is 9.59 Å². The lowest BCUT2D eigenvalue weighted by molar-refractivity contribution is -0.155. The molecule has 1 heterocycles. The molecule has 2 fully saturated rings. The van der Waals surface area contributed by atoms with Crippen molar-refractivity contribution in [3.63, 3.8) is 0 Å². The molecular weight excluding hydrogens is 242 g/mol. The fraction of sp³-hybridized carbons (Fsp3) is 0.733. The van der Waals surface area contributed by atoms with Gasteiger partial charge in [0.2, 0.25) is 5.91 Å². The third kappa shape index (κ3) is 2.07. The van der Waals surface area contributed by atoms with Crippen molar-refractivity contribution in [2.75, 3.05) is 13.1 Å². The zero-order valence-corrected chi connectivity index (χ0v) is 11.2. The Hall–Kier alpha value is -1.32. The molecule has 3 rings (SSSR count). The van der Waals surface area contributed by atoms with Crippen molar-refractivity contribution in [3.05, 3.63) is 12.2 Å². The van der Waals surface area contributed by atoms with Crippen LogP contribution in [0, 0.1) is 10.8 Å². The van der Waals surface area contributed by atoms with Gasteiger partial charge in [0.1, 0.15) is 5.41 Å². The first kappa shape index (κ1) is 12.7. The molecule has 1 atom stereocenters. The Morgan fingerprint density at radius 1 is 1.11 bits per heavy atom. The number of carboxylic acid groups (broad SMARTS) is 1. The van der Waals surface area contributed by atoms with Gasteiger partial charge >= 0.3 is 5.97 Å². The Balaban J connectivity index is 1.73. The van der Waals surface area contributed by atoms with Crippen LogP contribution in [0.15, 0.2) is 12.2 Å². The van der Waals surface area contributed by atoms with Gasteiger partial charge in [-0.05, 0) is 50.4 Å². The van der Waals surface area contributed by atoms with E-state index in [9.17, 15) is 14.7 Å². The molecule has 19 heavy (non-hydrogen) atoms. The van der Waals surface area contributed by atoms with Crippen molar-refractivity contribution in [1.82, 2.24) is 4.90 Å². The SMILES string of the molecule is O=C(O)C1(C(=O)N2CCCC3(CC=CCC3)C2)CC1. The lowest BCUT2D eigenvalue weighted by Gasteiger charge is -2.44. The maximum Gasteiger partial charge on any atom is 0.319 e. The third-order valence-corrected chi connectivity index (χ3v) is 5.08. The molecule has 3 aliphatic rings. The van der Waals surface area contributed by atoms with Crippen LogP contribution in [-0.2, 0) is 9.59 Å². The second-order valence-corrected chi connectivity index (χ2v) is 6.43. The minimum absolute atomic E-state index is 0.131. The first-order chi connectivity index (χ1) is 9.08. The summed E-state index contributed by atoms with van der Waals surface area (Å²) in [6.45, 7) is 1.49. The maximum atomic E-state index is 12.5. The summed E-state index contributed by atoms with van der Waals surface area (Å²) in [7, 11) is 0. The van der Waals surface area contributed by atoms with E-state index in [0.717, 1.165) is 38.8 Å². The third-order valence-electron chi connectivity index (χ3n) is 5.08. The Labute approximate surface area is 113 Å². The molecule has 0 aromatic rings. The van der Waals surface area contributed by atoms with E-state index in [1.807, 2.05) is 4.90 Å². The molecule has 1 saturated heterocycles. The highest BCUT2D eigenvalue weighted by molar-refractivity contribution is 6.04. The Morgan fingerprint density at radius 3 is 2.47 bits per heavy atom. The fourth-order valence-corrected chi connectivity index (χ4v) is 3.64. The second-order valence-electron chi connectivity index (χ2n) is 6.43. The summed E-state index contributed by atoms with van der Waals surface area (Å²) in [5.74, 6) is -1.06. The van der Waals surface area contributed by atoms with E-state index in [4.69, 9.17) is 0 Å². The summed E-state index contributed by atoms with van der Waals surface area (Å²) >= 11 is 0. The van der Waals surface area contributed by atoms with Crippen molar-refractivity contribution >= 4 is 11.9 Å². The molecule has 4 nitrogen and oxygen atoms in total. The van der Waals surface area contributed by atoms with Crippen molar-refractivity contribution in [2.45, 2.75) is 44.9 Å². The van der Waals surface area contributed by atoms with E-state index in [1.165, 1.54) is 6.42 Å². The monoisotopic (exact) mass is 263 g/mol. The minimum Gasteiger partial charge on any atom is -0.480 e. The number of carboxylic acids is 1. The summed E-state index contributed by atoms with van der Waals surface area (Å²) in [5.41, 5.74) is -0.847. The average molecular weight is 263 g/mol. The van der Waals surface area contributed by atoms with Crippen molar-refractivity contribution in [3.8, 4) is 0 Å². The topological polar surface area (TPSA) is 57.6 Å². The molecule has 1 saturated carbocycles. The van der Waals surface area contributed by atoms with Gasteiger partial charge in [0.05, 0.1) is 0 Å². The molecule has 0 radical (unpaired) electrons. The van der Waals surface area contributed by atoms with Crippen LogP contribution in [0.25, 0.3) is 0 Å². The lowest BCUT2D eigenvalue weighted by atomic mass is 9.71. The molecule has 1 N–H and O–H groups in total. The molecule has 0 aromatic carbocycles. The second kappa shape index (κ2) is 4.36. The van der Waals surface area contributed by atoms with Crippen molar-refractivity contribution in [2.24, 2.45) is 10.8 Å². The minimum atomic E-state index is -1.07. The number of nitrogens with zero attached hydrogens (tertiary/aromatic N) is 1. The molecule has 0 aromatic heterocycles. The highest BCUT2D eigenvalue weighted by atomic mass is 16.4. The van der Waals surface area contributed by atoms with Crippen molar-refractivity contribution < 1.29 is 14.7 Å². The van der Waals surface area contributed by atoms with Crippen LogP contribution >= 0.6 is 0 Å². The highest BCUT2D eigenvalue weighted by Crippen LogP contribution is 2.49. The van der Waals surface area contributed by atoms with Gasteiger partial charge in [0.15, 0.2) is 0 Å². The molecule has 1 unspecified atom stereocenters. The number of hydrogen-bond donors (Lipinski definition) is 1. The molecule has 1 amide bonds. The van der Waals surface area contributed by atoms with Gasteiger partial charge in [-0.1, -0.05) is 12.2 Å². The molecular formula is C15H21NO3. The van der Waals surface area contributed by atoms with E-state index in [1.54, 1.807) is 0 Å². The summed E-state index contributed by atoms with van der Waals surface area (Å²) in [4.78, 5) is 25.6. The van der Waals surface area contributed by atoms with Crippen LogP contribution in [-0.4, -0.2) is 35.0 Å². The first-order valence-corrected chi connectivity index (χ1v) is 7.26. The van der Waals surface area contributed by atoms with Crippen molar-refractivity contribution in [1.29, 1.82) is 0 Å². The quantitative estimate of drug-likeness (QED) is 0.614. The molecule has 0 bridgehead atoms. The number of likely N-dealkylation sites (tertiary alicyclic amines) is 1. The zero-order chi connectivity index (χ0) is 13.5. The van der Waals surface area contributed by atoms with E-state index < -0.39 is 11.4 Å². The van der Waals surface area contributed by atoms with Gasteiger partial charge in [-0.2, -0.15) is 0 Å². The molecule has 104 valence electrons.